The smallest absolute Gasteiger partial charge is 0.412 e. The first-order valence-electron chi connectivity index (χ1n) is 6.13. The van der Waals surface area contributed by atoms with Gasteiger partial charge in [-0.1, -0.05) is 30.3 Å². The van der Waals surface area contributed by atoms with Crippen LogP contribution in [0.15, 0.2) is 42.5 Å². The lowest BCUT2D eigenvalue weighted by Crippen LogP contribution is -2.26. The van der Waals surface area contributed by atoms with Crippen LogP contribution in [0.2, 0.25) is 0 Å². The lowest BCUT2D eigenvalue weighted by atomic mass is 10.1. The number of fused-ring (bicyclic) bond motifs is 1. The number of hydrogen-bond acceptors (Lipinski definition) is 4. The minimum Gasteiger partial charge on any atom is -0.439 e. The van der Waals surface area contributed by atoms with Crippen molar-refractivity contribution < 1.29 is 14.5 Å². The number of hydrogen-bond donors (Lipinski definition) is 1. The number of carbonyl (C=O) groups excluding carboxylic acids is 1. The Kier molecular flexibility index (Phi) is 4.14. The van der Waals surface area contributed by atoms with Crippen LogP contribution in [0.25, 0.3) is 10.8 Å². The van der Waals surface area contributed by atoms with E-state index >= 15 is 0 Å². The van der Waals surface area contributed by atoms with E-state index in [1.807, 2.05) is 36.4 Å². The predicted octanol–water partition coefficient (Wildman–Crippen LogP) is 3.05. The monoisotopic (exact) mass is 274 g/mol. The van der Waals surface area contributed by atoms with E-state index in [0.717, 1.165) is 10.8 Å². The van der Waals surface area contributed by atoms with E-state index in [-0.39, 0.29) is 0 Å². The summed E-state index contributed by atoms with van der Waals surface area (Å²) in [6.45, 7) is 1.06. The minimum absolute atomic E-state index is 0.412. The molecule has 20 heavy (non-hydrogen) atoms. The summed E-state index contributed by atoms with van der Waals surface area (Å²) in [5.41, 5.74) is 0.585. The molecule has 0 bridgehead atoms. The van der Waals surface area contributed by atoms with E-state index < -0.39 is 23.7 Å². The molecule has 0 saturated heterocycles. The molecule has 1 N–H and O–H groups in total. The van der Waals surface area contributed by atoms with Gasteiger partial charge >= 0.3 is 6.09 Å². The molecule has 1 unspecified atom stereocenters. The summed E-state index contributed by atoms with van der Waals surface area (Å²) in [4.78, 5) is 21.4. The standard InChI is InChI=1S/C14H14N2O4/c1-10(9-16(18)19)20-14(17)15-13-7-6-11-4-2-3-5-12(11)8-13/h2-8,10H,9H2,1H3,(H,15,17). The van der Waals surface area contributed by atoms with Crippen LogP contribution in [0.3, 0.4) is 0 Å². The zero-order chi connectivity index (χ0) is 14.5. The quantitative estimate of drug-likeness (QED) is 0.686. The van der Waals surface area contributed by atoms with E-state index in [9.17, 15) is 14.9 Å². The van der Waals surface area contributed by atoms with Gasteiger partial charge in [0.2, 0.25) is 6.54 Å². The van der Waals surface area contributed by atoms with E-state index in [0.29, 0.717) is 5.69 Å². The Bertz CT molecular complexity index is 642. The Hall–Kier alpha value is -2.63. The van der Waals surface area contributed by atoms with Crippen LogP contribution in [-0.2, 0) is 4.74 Å². The zero-order valence-electron chi connectivity index (χ0n) is 10.9. The second kappa shape index (κ2) is 6.01. The molecule has 2 rings (SSSR count). The van der Waals surface area contributed by atoms with Crippen molar-refractivity contribution in [2.75, 3.05) is 11.9 Å². The average Bonchev–Trinajstić information content (AvgIpc) is 2.37. The Balaban J connectivity index is 2.00. The second-order valence-corrected chi connectivity index (χ2v) is 4.42. The van der Waals surface area contributed by atoms with Crippen molar-refractivity contribution in [3.8, 4) is 0 Å². The van der Waals surface area contributed by atoms with Crippen molar-refractivity contribution in [3.05, 3.63) is 52.6 Å². The first-order valence-corrected chi connectivity index (χ1v) is 6.13. The third-order valence-electron chi connectivity index (χ3n) is 2.71. The summed E-state index contributed by atoms with van der Waals surface area (Å²) in [7, 11) is 0. The van der Waals surface area contributed by atoms with Crippen molar-refractivity contribution in [3.63, 3.8) is 0 Å². The predicted molar refractivity (Wildman–Crippen MR) is 75.4 cm³/mol. The SMILES string of the molecule is CC(C[N+](=O)[O-])OC(=O)Nc1ccc2ccccc2c1. The molecule has 1 atom stereocenters. The first-order chi connectivity index (χ1) is 9.54. The highest BCUT2D eigenvalue weighted by atomic mass is 16.6. The Morgan fingerprint density at radius 1 is 1.30 bits per heavy atom. The zero-order valence-corrected chi connectivity index (χ0v) is 10.9. The fraction of sp³-hybridized carbons (Fsp3) is 0.214. The van der Waals surface area contributed by atoms with Gasteiger partial charge in [-0.2, -0.15) is 0 Å². The van der Waals surface area contributed by atoms with Gasteiger partial charge < -0.3 is 4.74 Å². The van der Waals surface area contributed by atoms with Crippen LogP contribution in [-0.4, -0.2) is 23.7 Å². The molecular weight excluding hydrogens is 260 g/mol. The van der Waals surface area contributed by atoms with Gasteiger partial charge in [-0.15, -0.1) is 0 Å². The summed E-state index contributed by atoms with van der Waals surface area (Å²) in [6.07, 6.45) is -1.47. The third kappa shape index (κ3) is 3.68. The maximum Gasteiger partial charge on any atom is 0.412 e. The largest absolute Gasteiger partial charge is 0.439 e. The van der Waals surface area contributed by atoms with Crippen molar-refractivity contribution in [2.45, 2.75) is 13.0 Å². The van der Waals surface area contributed by atoms with E-state index in [1.54, 1.807) is 6.07 Å². The fourth-order valence-corrected chi connectivity index (χ4v) is 1.84. The van der Waals surface area contributed by atoms with Gasteiger partial charge in [0.25, 0.3) is 0 Å². The molecule has 0 aromatic heterocycles. The van der Waals surface area contributed by atoms with Gasteiger partial charge in [0.1, 0.15) is 0 Å². The van der Waals surface area contributed by atoms with Crippen molar-refractivity contribution >= 4 is 22.6 Å². The molecule has 1 amide bonds. The molecule has 0 saturated carbocycles. The van der Waals surface area contributed by atoms with Gasteiger partial charge in [-0.25, -0.2) is 4.79 Å². The topological polar surface area (TPSA) is 81.5 Å². The van der Waals surface area contributed by atoms with Gasteiger partial charge in [-0.3, -0.25) is 15.4 Å². The summed E-state index contributed by atoms with van der Waals surface area (Å²) >= 11 is 0. The number of nitro groups is 1. The summed E-state index contributed by atoms with van der Waals surface area (Å²) in [5, 5.41) is 14.9. The number of nitrogens with zero attached hydrogens (tertiary/aromatic N) is 1. The number of benzene rings is 2. The molecule has 6 nitrogen and oxygen atoms in total. The number of amides is 1. The first kappa shape index (κ1) is 13.8. The fourth-order valence-electron chi connectivity index (χ4n) is 1.84. The Morgan fingerprint density at radius 3 is 2.70 bits per heavy atom. The summed E-state index contributed by atoms with van der Waals surface area (Å²) in [5.74, 6) is 0. The number of ether oxygens (including phenoxy) is 1. The van der Waals surface area contributed by atoms with Gasteiger partial charge in [0, 0.05) is 10.6 Å². The summed E-state index contributed by atoms with van der Waals surface area (Å²) < 4.78 is 4.89. The molecule has 0 aliphatic carbocycles. The minimum atomic E-state index is -0.773. The van der Waals surface area contributed by atoms with Crippen LogP contribution in [0, 0.1) is 10.1 Å². The molecule has 104 valence electrons. The lowest BCUT2D eigenvalue weighted by molar-refractivity contribution is -0.488. The molecule has 6 heteroatoms. The number of anilines is 1. The van der Waals surface area contributed by atoms with Gasteiger partial charge in [0.05, 0.1) is 0 Å². The lowest BCUT2D eigenvalue weighted by Gasteiger charge is -2.10. The van der Waals surface area contributed by atoms with Crippen LogP contribution in [0.5, 0.6) is 0 Å². The summed E-state index contributed by atoms with van der Waals surface area (Å²) in [6, 6.07) is 13.2. The van der Waals surface area contributed by atoms with E-state index in [2.05, 4.69) is 5.32 Å². The normalized spacial score (nSPS) is 11.8. The van der Waals surface area contributed by atoms with Crippen molar-refractivity contribution in [2.24, 2.45) is 0 Å². The highest BCUT2D eigenvalue weighted by Gasteiger charge is 2.14. The number of carbonyl (C=O) groups is 1. The van der Waals surface area contributed by atoms with Crippen LogP contribution in [0.1, 0.15) is 6.92 Å². The molecule has 0 aliphatic heterocycles. The third-order valence-corrected chi connectivity index (χ3v) is 2.71. The molecule has 0 heterocycles. The van der Waals surface area contributed by atoms with E-state index in [1.165, 1.54) is 6.92 Å². The average molecular weight is 274 g/mol. The van der Waals surface area contributed by atoms with Crippen LogP contribution in [0.4, 0.5) is 10.5 Å². The number of rotatable bonds is 4. The van der Waals surface area contributed by atoms with Gasteiger partial charge in [-0.05, 0) is 29.8 Å². The number of nitrogens with one attached hydrogen (secondary N) is 1. The molecule has 0 fully saturated rings. The Labute approximate surface area is 115 Å². The second-order valence-electron chi connectivity index (χ2n) is 4.42. The van der Waals surface area contributed by atoms with E-state index in [4.69, 9.17) is 4.74 Å². The van der Waals surface area contributed by atoms with Gasteiger partial charge in [0.15, 0.2) is 6.10 Å². The van der Waals surface area contributed by atoms with Crippen LogP contribution < -0.4 is 5.32 Å². The highest BCUT2D eigenvalue weighted by molar-refractivity contribution is 5.91. The van der Waals surface area contributed by atoms with Crippen molar-refractivity contribution in [1.29, 1.82) is 0 Å². The highest BCUT2D eigenvalue weighted by Crippen LogP contribution is 2.19. The molecule has 0 radical (unpaired) electrons. The van der Waals surface area contributed by atoms with Crippen molar-refractivity contribution in [1.82, 2.24) is 0 Å². The molecular formula is C14H14N2O4. The molecule has 2 aromatic carbocycles. The maximum absolute atomic E-state index is 11.6. The van der Waals surface area contributed by atoms with Crippen LogP contribution >= 0.6 is 0 Å². The molecule has 0 spiro atoms. The molecule has 0 aliphatic rings. The Morgan fingerprint density at radius 2 is 2.00 bits per heavy atom. The maximum atomic E-state index is 11.6. The molecule has 2 aromatic rings.